The third-order valence-corrected chi connectivity index (χ3v) is 7.71. The second kappa shape index (κ2) is 9.50. The monoisotopic (exact) mass is 491 g/mol. The SMILES string of the molecule is O=C(/C=C/c1ccsc1)N1CCC2(CC1)CCN(C(=O)c1ccc(-c3ccccc3[N+](=O)[O-])o1)C2. The molecule has 0 N–H and O–H groups in total. The zero-order valence-corrected chi connectivity index (χ0v) is 19.9. The maximum Gasteiger partial charge on any atom is 0.289 e. The van der Waals surface area contributed by atoms with Crippen LogP contribution in [0.3, 0.4) is 0 Å². The van der Waals surface area contributed by atoms with E-state index in [1.54, 1.807) is 52.6 Å². The van der Waals surface area contributed by atoms with Crippen molar-refractivity contribution in [2.45, 2.75) is 19.3 Å². The molecule has 2 saturated heterocycles. The van der Waals surface area contributed by atoms with Gasteiger partial charge in [-0.25, -0.2) is 0 Å². The number of rotatable bonds is 5. The molecular weight excluding hydrogens is 466 g/mol. The summed E-state index contributed by atoms with van der Waals surface area (Å²) >= 11 is 1.60. The molecule has 0 radical (unpaired) electrons. The number of hydrogen-bond acceptors (Lipinski definition) is 6. The predicted octanol–water partition coefficient (Wildman–Crippen LogP) is 5.08. The van der Waals surface area contributed by atoms with Crippen LogP contribution >= 0.6 is 11.3 Å². The highest BCUT2D eigenvalue weighted by Crippen LogP contribution is 2.41. The van der Waals surface area contributed by atoms with Gasteiger partial charge in [0.1, 0.15) is 5.76 Å². The van der Waals surface area contributed by atoms with Crippen molar-refractivity contribution in [2.24, 2.45) is 5.41 Å². The van der Waals surface area contributed by atoms with E-state index in [0.717, 1.165) is 24.8 Å². The number of benzene rings is 1. The van der Waals surface area contributed by atoms with Crippen molar-refractivity contribution in [3.05, 3.63) is 80.7 Å². The van der Waals surface area contributed by atoms with E-state index >= 15 is 0 Å². The van der Waals surface area contributed by atoms with Gasteiger partial charge in [-0.2, -0.15) is 11.3 Å². The molecule has 2 aromatic heterocycles. The number of amides is 2. The summed E-state index contributed by atoms with van der Waals surface area (Å²) in [6.45, 7) is 2.61. The molecule has 4 heterocycles. The Hall–Kier alpha value is -3.72. The summed E-state index contributed by atoms with van der Waals surface area (Å²) in [4.78, 5) is 40.2. The van der Waals surface area contributed by atoms with Crippen LogP contribution < -0.4 is 0 Å². The Morgan fingerprint density at radius 1 is 1.03 bits per heavy atom. The fourth-order valence-electron chi connectivity index (χ4n) is 4.96. The minimum Gasteiger partial charge on any atom is -0.451 e. The number of furan rings is 1. The van der Waals surface area contributed by atoms with E-state index in [1.807, 2.05) is 27.8 Å². The molecule has 2 fully saturated rings. The lowest BCUT2D eigenvalue weighted by Gasteiger charge is -2.38. The molecule has 8 nitrogen and oxygen atoms in total. The van der Waals surface area contributed by atoms with Crippen LogP contribution in [0.15, 0.2) is 63.7 Å². The third-order valence-electron chi connectivity index (χ3n) is 7.01. The van der Waals surface area contributed by atoms with Gasteiger partial charge < -0.3 is 14.2 Å². The van der Waals surface area contributed by atoms with Crippen molar-refractivity contribution in [2.75, 3.05) is 26.2 Å². The molecule has 0 atom stereocenters. The van der Waals surface area contributed by atoms with E-state index in [-0.39, 0.29) is 28.7 Å². The van der Waals surface area contributed by atoms with Crippen molar-refractivity contribution in [3.8, 4) is 11.3 Å². The van der Waals surface area contributed by atoms with E-state index in [4.69, 9.17) is 4.42 Å². The fourth-order valence-corrected chi connectivity index (χ4v) is 5.58. The summed E-state index contributed by atoms with van der Waals surface area (Å²) in [6, 6.07) is 11.5. The van der Waals surface area contributed by atoms with Crippen LogP contribution in [-0.2, 0) is 4.79 Å². The zero-order valence-electron chi connectivity index (χ0n) is 19.1. The number of hydrogen-bond donors (Lipinski definition) is 0. The molecule has 2 aliphatic heterocycles. The topological polar surface area (TPSA) is 96.9 Å². The molecular formula is C26H25N3O5S. The van der Waals surface area contributed by atoms with Crippen molar-refractivity contribution in [1.29, 1.82) is 0 Å². The number of piperidine rings is 1. The van der Waals surface area contributed by atoms with Crippen LogP contribution in [-0.4, -0.2) is 52.7 Å². The number of nitrogens with zero attached hydrogens (tertiary/aromatic N) is 3. The highest BCUT2D eigenvalue weighted by atomic mass is 32.1. The van der Waals surface area contributed by atoms with Crippen LogP contribution in [0.4, 0.5) is 5.69 Å². The number of thiophene rings is 1. The Labute approximate surface area is 206 Å². The maximum atomic E-state index is 13.1. The fraction of sp³-hybridized carbons (Fsp3) is 0.308. The Balaban J connectivity index is 1.20. The van der Waals surface area contributed by atoms with E-state index in [9.17, 15) is 19.7 Å². The lowest BCUT2D eigenvalue weighted by Crippen LogP contribution is -2.44. The van der Waals surface area contributed by atoms with Crippen molar-refractivity contribution >= 4 is 34.9 Å². The van der Waals surface area contributed by atoms with Gasteiger partial charge in [0, 0.05) is 38.3 Å². The first-order valence-corrected chi connectivity index (χ1v) is 12.5. The number of likely N-dealkylation sites (tertiary alicyclic amines) is 2. The highest BCUT2D eigenvalue weighted by molar-refractivity contribution is 7.08. The van der Waals surface area contributed by atoms with Crippen molar-refractivity contribution < 1.29 is 18.9 Å². The van der Waals surface area contributed by atoms with Crippen LogP contribution in [0.2, 0.25) is 0 Å². The first-order valence-electron chi connectivity index (χ1n) is 11.6. The van der Waals surface area contributed by atoms with Crippen LogP contribution in [0.25, 0.3) is 17.4 Å². The molecule has 1 spiro atoms. The predicted molar refractivity (Wildman–Crippen MR) is 133 cm³/mol. The molecule has 5 rings (SSSR count). The maximum absolute atomic E-state index is 13.1. The second-order valence-electron chi connectivity index (χ2n) is 9.13. The van der Waals surface area contributed by atoms with Gasteiger partial charge in [-0.3, -0.25) is 19.7 Å². The molecule has 0 unspecified atom stereocenters. The zero-order chi connectivity index (χ0) is 24.4. The normalized spacial score (nSPS) is 17.4. The van der Waals surface area contributed by atoms with Gasteiger partial charge in [-0.05, 0) is 71.3 Å². The summed E-state index contributed by atoms with van der Waals surface area (Å²) < 4.78 is 5.76. The van der Waals surface area contributed by atoms with Crippen LogP contribution in [0, 0.1) is 15.5 Å². The second-order valence-corrected chi connectivity index (χ2v) is 9.91. The number of nitro benzene ring substituents is 1. The molecule has 3 aromatic rings. The number of nitro groups is 1. The Morgan fingerprint density at radius 3 is 2.49 bits per heavy atom. The van der Waals surface area contributed by atoms with Gasteiger partial charge in [-0.15, -0.1) is 0 Å². The standard InChI is InChI=1S/C26H25N3O5S/c30-24(8-5-19-9-16-35-17-19)27-13-10-26(11-14-27)12-15-28(18-26)25(31)23-7-6-22(34-23)20-3-1-2-4-21(20)29(32)33/h1-9,16-17H,10-15,18H2/b8-5+. The van der Waals surface area contributed by atoms with Gasteiger partial charge in [-0.1, -0.05) is 12.1 Å². The van der Waals surface area contributed by atoms with Gasteiger partial charge in [0.2, 0.25) is 5.91 Å². The highest BCUT2D eigenvalue weighted by Gasteiger charge is 2.43. The van der Waals surface area contributed by atoms with Crippen molar-refractivity contribution in [3.63, 3.8) is 0 Å². The molecule has 0 saturated carbocycles. The van der Waals surface area contributed by atoms with Gasteiger partial charge in [0.05, 0.1) is 10.5 Å². The average Bonchev–Trinajstić information content (AvgIpc) is 3.64. The molecule has 180 valence electrons. The quantitative estimate of drug-likeness (QED) is 0.282. The summed E-state index contributed by atoms with van der Waals surface area (Å²) in [5.74, 6) is 0.303. The average molecular weight is 492 g/mol. The van der Waals surface area contributed by atoms with Gasteiger partial charge in [0.15, 0.2) is 5.76 Å². The number of carbonyl (C=O) groups is 2. The van der Waals surface area contributed by atoms with E-state index in [2.05, 4.69) is 0 Å². The summed E-state index contributed by atoms with van der Waals surface area (Å²) in [5, 5.41) is 15.3. The Morgan fingerprint density at radius 2 is 1.77 bits per heavy atom. The molecule has 0 aliphatic carbocycles. The first kappa shape index (κ1) is 23.0. The van der Waals surface area contributed by atoms with Crippen LogP contribution in [0.1, 0.15) is 35.4 Å². The largest absolute Gasteiger partial charge is 0.451 e. The summed E-state index contributed by atoms with van der Waals surface area (Å²) in [7, 11) is 0. The molecule has 9 heteroatoms. The lowest BCUT2D eigenvalue weighted by atomic mass is 9.78. The Kier molecular flexibility index (Phi) is 6.25. The third kappa shape index (κ3) is 4.77. The molecule has 35 heavy (non-hydrogen) atoms. The first-order chi connectivity index (χ1) is 16.9. The number of para-hydroxylation sites is 1. The molecule has 2 aliphatic rings. The summed E-state index contributed by atoms with van der Waals surface area (Å²) in [6.07, 6.45) is 6.09. The van der Waals surface area contributed by atoms with E-state index < -0.39 is 4.92 Å². The van der Waals surface area contributed by atoms with E-state index in [1.165, 1.54) is 6.07 Å². The molecule has 2 amide bonds. The Bertz CT molecular complexity index is 1270. The smallest absolute Gasteiger partial charge is 0.289 e. The lowest BCUT2D eigenvalue weighted by molar-refractivity contribution is -0.384. The summed E-state index contributed by atoms with van der Waals surface area (Å²) in [5.41, 5.74) is 1.33. The minimum absolute atomic E-state index is 0.0111. The van der Waals surface area contributed by atoms with Gasteiger partial charge >= 0.3 is 0 Å². The minimum atomic E-state index is -0.460. The van der Waals surface area contributed by atoms with Gasteiger partial charge in [0.25, 0.3) is 11.6 Å². The molecule has 1 aromatic carbocycles. The van der Waals surface area contributed by atoms with E-state index in [0.29, 0.717) is 37.5 Å². The number of carbonyl (C=O) groups excluding carboxylic acids is 2. The van der Waals surface area contributed by atoms with Crippen molar-refractivity contribution in [1.82, 2.24) is 9.80 Å². The molecule has 0 bridgehead atoms. The van der Waals surface area contributed by atoms with Crippen LogP contribution in [0.5, 0.6) is 0 Å².